The molecule has 1 aromatic heterocycles. The van der Waals surface area contributed by atoms with Gasteiger partial charge < -0.3 is 5.32 Å². The van der Waals surface area contributed by atoms with E-state index in [1.165, 1.54) is 10.9 Å². The van der Waals surface area contributed by atoms with Crippen molar-refractivity contribution in [3.8, 4) is 16.9 Å². The molecular formula is C28H23N3O. The molecule has 0 saturated carbocycles. The van der Waals surface area contributed by atoms with E-state index in [2.05, 4.69) is 47.7 Å². The van der Waals surface area contributed by atoms with E-state index in [1.807, 2.05) is 78.3 Å². The highest BCUT2D eigenvalue weighted by Crippen LogP contribution is 2.28. The Morgan fingerprint density at radius 1 is 0.750 bits per heavy atom. The number of hydrogen-bond donors (Lipinski definition) is 1. The fourth-order valence-electron chi connectivity index (χ4n) is 3.83. The molecular weight excluding hydrogens is 394 g/mol. The summed E-state index contributed by atoms with van der Waals surface area (Å²) >= 11 is 0. The standard InChI is InChI=1S/C28H23N3O/c1-19-12-15-24(16-20(19)2)29-28(32)26-18-27(31(30-26)25-10-4-3-5-11-25)23-14-13-21-8-6-7-9-22(21)17-23/h3-18H,1-2H3,(H,29,32). The fraction of sp³-hybridized carbons (Fsp3) is 0.0714. The van der Waals surface area contributed by atoms with Crippen molar-refractivity contribution in [3.63, 3.8) is 0 Å². The molecule has 0 aliphatic rings. The number of carbonyl (C=O) groups is 1. The van der Waals surface area contributed by atoms with Gasteiger partial charge in [-0.3, -0.25) is 4.79 Å². The van der Waals surface area contributed by atoms with Crippen molar-refractivity contribution in [2.45, 2.75) is 13.8 Å². The highest BCUT2D eigenvalue weighted by atomic mass is 16.1. The molecule has 0 unspecified atom stereocenters. The number of anilines is 1. The minimum Gasteiger partial charge on any atom is -0.321 e. The van der Waals surface area contributed by atoms with E-state index in [-0.39, 0.29) is 5.91 Å². The summed E-state index contributed by atoms with van der Waals surface area (Å²) in [5, 5.41) is 9.98. The average molecular weight is 418 g/mol. The normalized spacial score (nSPS) is 10.9. The molecule has 4 aromatic carbocycles. The second-order valence-electron chi connectivity index (χ2n) is 7.98. The van der Waals surface area contributed by atoms with Gasteiger partial charge in [0.25, 0.3) is 5.91 Å². The Hall–Kier alpha value is -4.18. The van der Waals surface area contributed by atoms with Gasteiger partial charge in [0.05, 0.1) is 11.4 Å². The predicted octanol–water partition coefficient (Wildman–Crippen LogP) is 6.56. The van der Waals surface area contributed by atoms with Gasteiger partial charge in [-0.25, -0.2) is 4.68 Å². The maximum Gasteiger partial charge on any atom is 0.276 e. The zero-order chi connectivity index (χ0) is 22.1. The van der Waals surface area contributed by atoms with E-state index >= 15 is 0 Å². The summed E-state index contributed by atoms with van der Waals surface area (Å²) in [7, 11) is 0. The molecule has 0 bridgehead atoms. The lowest BCUT2D eigenvalue weighted by Gasteiger charge is -2.08. The molecule has 1 N–H and O–H groups in total. The van der Waals surface area contributed by atoms with Crippen molar-refractivity contribution in [2.75, 3.05) is 5.32 Å². The van der Waals surface area contributed by atoms with Gasteiger partial charge in [0.2, 0.25) is 0 Å². The topological polar surface area (TPSA) is 46.9 Å². The second-order valence-corrected chi connectivity index (χ2v) is 7.98. The number of carbonyl (C=O) groups excluding carboxylic acids is 1. The van der Waals surface area contributed by atoms with Crippen LogP contribution < -0.4 is 5.32 Å². The van der Waals surface area contributed by atoms with E-state index in [1.54, 1.807) is 0 Å². The van der Waals surface area contributed by atoms with Gasteiger partial charge in [0.1, 0.15) is 0 Å². The maximum absolute atomic E-state index is 13.1. The SMILES string of the molecule is Cc1ccc(NC(=O)c2cc(-c3ccc4ccccc4c3)n(-c3ccccc3)n2)cc1C. The fourth-order valence-corrected chi connectivity index (χ4v) is 3.83. The van der Waals surface area contributed by atoms with Gasteiger partial charge in [-0.1, -0.05) is 60.7 Å². The van der Waals surface area contributed by atoms with Crippen molar-refractivity contribution < 1.29 is 4.79 Å². The minimum atomic E-state index is -0.232. The molecule has 4 heteroatoms. The summed E-state index contributed by atoms with van der Waals surface area (Å²) < 4.78 is 1.83. The van der Waals surface area contributed by atoms with E-state index in [0.717, 1.165) is 33.6 Å². The van der Waals surface area contributed by atoms with Crippen molar-refractivity contribution in [1.82, 2.24) is 9.78 Å². The molecule has 0 radical (unpaired) electrons. The van der Waals surface area contributed by atoms with Gasteiger partial charge in [-0.15, -0.1) is 0 Å². The van der Waals surface area contributed by atoms with Crippen LogP contribution in [0.5, 0.6) is 0 Å². The Morgan fingerprint density at radius 3 is 2.28 bits per heavy atom. The first-order valence-corrected chi connectivity index (χ1v) is 10.6. The summed E-state index contributed by atoms with van der Waals surface area (Å²) in [6, 6.07) is 32.2. The summed E-state index contributed by atoms with van der Waals surface area (Å²) in [6.07, 6.45) is 0. The number of para-hydroxylation sites is 1. The van der Waals surface area contributed by atoms with E-state index in [4.69, 9.17) is 0 Å². The second kappa shape index (κ2) is 8.16. The molecule has 0 fully saturated rings. The quantitative estimate of drug-likeness (QED) is 0.360. The Balaban J connectivity index is 1.57. The number of fused-ring (bicyclic) bond motifs is 1. The Labute approximate surface area is 187 Å². The number of nitrogens with zero attached hydrogens (tertiary/aromatic N) is 2. The molecule has 5 aromatic rings. The molecule has 1 amide bonds. The lowest BCUT2D eigenvalue weighted by molar-refractivity contribution is 0.102. The van der Waals surface area contributed by atoms with Crippen molar-refractivity contribution in [2.24, 2.45) is 0 Å². The zero-order valence-corrected chi connectivity index (χ0v) is 18.0. The smallest absolute Gasteiger partial charge is 0.276 e. The van der Waals surface area contributed by atoms with Crippen LogP contribution in [0.4, 0.5) is 5.69 Å². The molecule has 0 atom stereocenters. The molecule has 4 nitrogen and oxygen atoms in total. The first-order valence-electron chi connectivity index (χ1n) is 10.6. The lowest BCUT2D eigenvalue weighted by atomic mass is 10.0. The maximum atomic E-state index is 13.1. The molecule has 0 aliphatic heterocycles. The highest BCUT2D eigenvalue weighted by Gasteiger charge is 2.17. The summed E-state index contributed by atoms with van der Waals surface area (Å²) in [4.78, 5) is 13.1. The van der Waals surface area contributed by atoms with Crippen LogP contribution in [0.2, 0.25) is 0 Å². The van der Waals surface area contributed by atoms with Crippen LogP contribution in [0.25, 0.3) is 27.7 Å². The molecule has 0 saturated heterocycles. The number of hydrogen-bond acceptors (Lipinski definition) is 2. The minimum absolute atomic E-state index is 0.232. The van der Waals surface area contributed by atoms with Crippen LogP contribution in [0, 0.1) is 13.8 Å². The first kappa shape index (κ1) is 19.8. The van der Waals surface area contributed by atoms with Crippen LogP contribution in [-0.2, 0) is 0 Å². The number of amides is 1. The first-order chi connectivity index (χ1) is 15.6. The van der Waals surface area contributed by atoms with Crippen LogP contribution in [0.1, 0.15) is 21.6 Å². The van der Waals surface area contributed by atoms with Gasteiger partial charge >= 0.3 is 0 Å². The average Bonchev–Trinajstić information content (AvgIpc) is 3.27. The van der Waals surface area contributed by atoms with E-state index in [9.17, 15) is 4.79 Å². The predicted molar refractivity (Wildman–Crippen MR) is 130 cm³/mol. The summed E-state index contributed by atoms with van der Waals surface area (Å²) in [5.41, 5.74) is 6.23. The monoisotopic (exact) mass is 417 g/mol. The van der Waals surface area contributed by atoms with Gasteiger partial charge in [-0.05, 0) is 72.1 Å². The number of aromatic nitrogens is 2. The zero-order valence-electron chi connectivity index (χ0n) is 18.0. The third-order valence-electron chi connectivity index (χ3n) is 5.75. The Kier molecular flexibility index (Phi) is 5.04. The third-order valence-corrected chi connectivity index (χ3v) is 5.75. The van der Waals surface area contributed by atoms with Gasteiger partial charge in [-0.2, -0.15) is 5.10 Å². The summed E-state index contributed by atoms with van der Waals surface area (Å²) in [6.45, 7) is 4.09. The van der Waals surface area contributed by atoms with E-state index < -0.39 is 0 Å². The van der Waals surface area contributed by atoms with Crippen molar-refractivity contribution >= 4 is 22.4 Å². The number of rotatable bonds is 4. The van der Waals surface area contributed by atoms with Gasteiger partial charge in [0, 0.05) is 11.3 Å². The van der Waals surface area contributed by atoms with Crippen LogP contribution in [0.15, 0.2) is 97.1 Å². The van der Waals surface area contributed by atoms with E-state index in [0.29, 0.717) is 5.69 Å². The molecule has 1 heterocycles. The largest absolute Gasteiger partial charge is 0.321 e. The highest BCUT2D eigenvalue weighted by molar-refractivity contribution is 6.03. The molecule has 0 spiro atoms. The molecule has 5 rings (SSSR count). The molecule has 156 valence electrons. The third kappa shape index (κ3) is 3.79. The van der Waals surface area contributed by atoms with Gasteiger partial charge in [0.15, 0.2) is 5.69 Å². The number of benzene rings is 4. The molecule has 0 aliphatic carbocycles. The van der Waals surface area contributed by atoms with Crippen molar-refractivity contribution in [1.29, 1.82) is 0 Å². The summed E-state index contributed by atoms with van der Waals surface area (Å²) in [5.74, 6) is -0.232. The van der Waals surface area contributed by atoms with Crippen LogP contribution >= 0.6 is 0 Å². The number of nitrogens with one attached hydrogen (secondary N) is 1. The molecule has 32 heavy (non-hydrogen) atoms. The van der Waals surface area contributed by atoms with Crippen molar-refractivity contribution in [3.05, 3.63) is 114 Å². The Bertz CT molecular complexity index is 1430. The van der Waals surface area contributed by atoms with Crippen LogP contribution in [-0.4, -0.2) is 15.7 Å². The number of aryl methyl sites for hydroxylation is 2. The Morgan fingerprint density at radius 2 is 1.50 bits per heavy atom. The van der Waals surface area contributed by atoms with Crippen LogP contribution in [0.3, 0.4) is 0 Å². The lowest BCUT2D eigenvalue weighted by Crippen LogP contribution is -2.13.